The third-order valence-corrected chi connectivity index (χ3v) is 3.99. The topological polar surface area (TPSA) is 127 Å². The number of benzene rings is 1. The molecule has 1 amide bonds. The highest BCUT2D eigenvalue weighted by molar-refractivity contribution is 5.83. The molecule has 0 saturated carbocycles. The minimum atomic E-state index is -1.12. The number of carbonyl (C=O) groups excluding carboxylic acids is 1. The summed E-state index contributed by atoms with van der Waals surface area (Å²) in [6, 6.07) is 7.96. The Morgan fingerprint density at radius 1 is 1.31 bits per heavy atom. The van der Waals surface area contributed by atoms with Crippen LogP contribution in [-0.4, -0.2) is 37.7 Å². The van der Waals surface area contributed by atoms with Gasteiger partial charge in [-0.15, -0.1) is 0 Å². The predicted molar refractivity (Wildman–Crippen MR) is 92.7 cm³/mol. The number of aliphatic carboxylic acids is 1. The van der Waals surface area contributed by atoms with Crippen molar-refractivity contribution in [2.75, 3.05) is 0 Å². The first-order valence-electron chi connectivity index (χ1n) is 8.04. The number of carbonyl (C=O) groups is 2. The molecular weight excluding hydrogens is 340 g/mol. The zero-order valence-corrected chi connectivity index (χ0v) is 14.5. The summed E-state index contributed by atoms with van der Waals surface area (Å²) in [4.78, 5) is 34.0. The van der Waals surface area contributed by atoms with Crippen molar-refractivity contribution in [3.05, 3.63) is 57.4 Å². The van der Waals surface area contributed by atoms with E-state index in [9.17, 15) is 24.8 Å². The minimum Gasteiger partial charge on any atom is -0.480 e. The molecule has 1 heterocycles. The lowest BCUT2D eigenvalue weighted by Crippen LogP contribution is -2.42. The molecule has 2 rings (SSSR count). The normalized spacial score (nSPS) is 11.8. The summed E-state index contributed by atoms with van der Waals surface area (Å²) in [7, 11) is 0. The number of carboxylic acids is 1. The molecule has 2 N–H and O–H groups in total. The maximum atomic E-state index is 12.1. The van der Waals surface area contributed by atoms with Gasteiger partial charge in [-0.05, 0) is 19.4 Å². The summed E-state index contributed by atoms with van der Waals surface area (Å²) in [6.07, 6.45) is 0.144. The van der Waals surface area contributed by atoms with Crippen molar-refractivity contribution < 1.29 is 19.6 Å². The van der Waals surface area contributed by atoms with Gasteiger partial charge in [0.2, 0.25) is 5.91 Å². The molecule has 9 heteroatoms. The van der Waals surface area contributed by atoms with Gasteiger partial charge in [-0.25, -0.2) is 4.79 Å². The first-order valence-corrected chi connectivity index (χ1v) is 8.04. The van der Waals surface area contributed by atoms with E-state index in [1.54, 1.807) is 31.2 Å². The molecule has 1 aromatic carbocycles. The number of nitrogens with one attached hydrogen (secondary N) is 1. The van der Waals surface area contributed by atoms with Crippen molar-refractivity contribution in [1.82, 2.24) is 15.1 Å². The monoisotopic (exact) mass is 360 g/mol. The van der Waals surface area contributed by atoms with Gasteiger partial charge < -0.3 is 10.4 Å². The number of nitro groups is 1. The largest absolute Gasteiger partial charge is 0.480 e. The maximum absolute atomic E-state index is 12.1. The molecule has 1 atom stereocenters. The number of amides is 1. The van der Waals surface area contributed by atoms with Crippen molar-refractivity contribution in [2.45, 2.75) is 39.3 Å². The average Bonchev–Trinajstić information content (AvgIpc) is 2.87. The fourth-order valence-electron chi connectivity index (χ4n) is 2.69. The zero-order valence-electron chi connectivity index (χ0n) is 14.5. The molecule has 138 valence electrons. The highest BCUT2D eigenvalue weighted by Crippen LogP contribution is 2.21. The van der Waals surface area contributed by atoms with Crippen molar-refractivity contribution >= 4 is 17.6 Å². The van der Waals surface area contributed by atoms with Crippen LogP contribution in [0.1, 0.15) is 23.4 Å². The van der Waals surface area contributed by atoms with E-state index in [-0.39, 0.29) is 30.8 Å². The maximum Gasteiger partial charge on any atom is 0.326 e. The standard InChI is InChI=1S/C17H20N4O5/c1-11-16(21(25)26)12(2)20(19-11)9-8-15(22)18-14(17(23)24)10-13-6-4-3-5-7-13/h3-7,14H,8-10H2,1-2H3,(H,18,22)(H,23,24)/t14-/m1/s1. The number of nitrogens with zero attached hydrogens (tertiary/aromatic N) is 3. The van der Waals surface area contributed by atoms with E-state index in [1.807, 2.05) is 6.07 Å². The number of hydrogen-bond acceptors (Lipinski definition) is 5. The Bertz CT molecular complexity index is 816. The van der Waals surface area contributed by atoms with Crippen LogP contribution in [0.4, 0.5) is 5.69 Å². The lowest BCUT2D eigenvalue weighted by Gasteiger charge is -2.15. The van der Waals surface area contributed by atoms with E-state index in [0.29, 0.717) is 5.69 Å². The van der Waals surface area contributed by atoms with Crippen LogP contribution >= 0.6 is 0 Å². The van der Waals surface area contributed by atoms with Gasteiger partial charge in [0.1, 0.15) is 17.4 Å². The molecule has 2 aromatic rings. The fraction of sp³-hybridized carbons (Fsp3) is 0.353. The smallest absolute Gasteiger partial charge is 0.326 e. The van der Waals surface area contributed by atoms with Crippen molar-refractivity contribution in [1.29, 1.82) is 0 Å². The van der Waals surface area contributed by atoms with Crippen LogP contribution in [0.25, 0.3) is 0 Å². The van der Waals surface area contributed by atoms with Gasteiger partial charge in [0, 0.05) is 12.8 Å². The predicted octanol–water partition coefficient (Wildman–Crippen LogP) is 1.61. The SMILES string of the molecule is Cc1nn(CCC(=O)N[C@H](Cc2ccccc2)C(=O)O)c(C)c1[N+](=O)[O-]. The average molecular weight is 360 g/mol. The van der Waals surface area contributed by atoms with E-state index < -0.39 is 22.8 Å². The number of rotatable bonds is 8. The Hall–Kier alpha value is -3.23. The summed E-state index contributed by atoms with van der Waals surface area (Å²) in [6.45, 7) is 3.22. The van der Waals surface area contributed by atoms with Gasteiger partial charge >= 0.3 is 11.7 Å². The molecule has 1 aromatic heterocycles. The summed E-state index contributed by atoms with van der Waals surface area (Å²) < 4.78 is 1.39. The van der Waals surface area contributed by atoms with Gasteiger partial charge in [-0.2, -0.15) is 5.10 Å². The number of hydrogen-bond donors (Lipinski definition) is 2. The molecule has 0 spiro atoms. The Balaban J connectivity index is 1.98. The van der Waals surface area contributed by atoms with Crippen LogP contribution in [-0.2, 0) is 22.6 Å². The van der Waals surface area contributed by atoms with Crippen LogP contribution in [0.5, 0.6) is 0 Å². The number of aryl methyl sites for hydroxylation is 2. The van der Waals surface area contributed by atoms with Gasteiger partial charge in [-0.3, -0.25) is 19.6 Å². The molecule has 0 bridgehead atoms. The molecule has 0 radical (unpaired) electrons. The van der Waals surface area contributed by atoms with E-state index in [2.05, 4.69) is 10.4 Å². The van der Waals surface area contributed by atoms with Gasteiger partial charge in [-0.1, -0.05) is 30.3 Å². The second-order valence-electron chi connectivity index (χ2n) is 5.90. The first kappa shape index (κ1) is 19.1. The summed E-state index contributed by atoms with van der Waals surface area (Å²) in [5.74, 6) is -1.58. The molecule has 0 fully saturated rings. The van der Waals surface area contributed by atoms with E-state index in [0.717, 1.165) is 5.56 Å². The van der Waals surface area contributed by atoms with Crippen LogP contribution in [0.2, 0.25) is 0 Å². The van der Waals surface area contributed by atoms with E-state index in [4.69, 9.17) is 0 Å². The molecule has 9 nitrogen and oxygen atoms in total. The molecule has 0 aliphatic rings. The molecular formula is C17H20N4O5. The van der Waals surface area contributed by atoms with Crippen LogP contribution in [0.15, 0.2) is 30.3 Å². The molecule has 0 aliphatic carbocycles. The highest BCUT2D eigenvalue weighted by Gasteiger charge is 2.23. The quantitative estimate of drug-likeness (QED) is 0.544. The molecule has 0 unspecified atom stereocenters. The second-order valence-corrected chi connectivity index (χ2v) is 5.90. The Labute approximate surface area is 149 Å². The first-order chi connectivity index (χ1) is 12.3. The van der Waals surface area contributed by atoms with Crippen molar-refractivity contribution in [3.8, 4) is 0 Å². The number of aromatic nitrogens is 2. The van der Waals surface area contributed by atoms with Crippen molar-refractivity contribution in [2.24, 2.45) is 0 Å². The third-order valence-electron chi connectivity index (χ3n) is 3.99. The summed E-state index contributed by atoms with van der Waals surface area (Å²) >= 11 is 0. The van der Waals surface area contributed by atoms with Gasteiger partial charge in [0.05, 0.1) is 11.5 Å². The Morgan fingerprint density at radius 3 is 2.50 bits per heavy atom. The Kier molecular flexibility index (Phi) is 6.05. The molecule has 0 aliphatic heterocycles. The van der Waals surface area contributed by atoms with Crippen LogP contribution < -0.4 is 5.32 Å². The van der Waals surface area contributed by atoms with E-state index in [1.165, 1.54) is 11.6 Å². The minimum absolute atomic E-state index is 0.0301. The molecule has 0 saturated heterocycles. The van der Waals surface area contributed by atoms with Crippen molar-refractivity contribution in [3.63, 3.8) is 0 Å². The third kappa shape index (κ3) is 4.65. The lowest BCUT2D eigenvalue weighted by atomic mass is 10.1. The second kappa shape index (κ2) is 8.24. The van der Waals surface area contributed by atoms with E-state index >= 15 is 0 Å². The zero-order chi connectivity index (χ0) is 19.3. The Morgan fingerprint density at radius 2 is 1.96 bits per heavy atom. The number of carboxylic acid groups (broad SMARTS) is 1. The van der Waals surface area contributed by atoms with Crippen LogP contribution in [0.3, 0.4) is 0 Å². The highest BCUT2D eigenvalue weighted by atomic mass is 16.6. The summed E-state index contributed by atoms with van der Waals surface area (Å²) in [5.41, 5.74) is 1.37. The lowest BCUT2D eigenvalue weighted by molar-refractivity contribution is -0.386. The fourth-order valence-corrected chi connectivity index (χ4v) is 2.69. The van der Waals surface area contributed by atoms with Gasteiger partial charge in [0.15, 0.2) is 0 Å². The molecule has 26 heavy (non-hydrogen) atoms. The van der Waals surface area contributed by atoms with Gasteiger partial charge in [0.25, 0.3) is 0 Å². The summed E-state index contributed by atoms with van der Waals surface area (Å²) in [5, 5.41) is 26.9. The van der Waals surface area contributed by atoms with Crippen LogP contribution in [0, 0.1) is 24.0 Å².